The van der Waals surface area contributed by atoms with Gasteiger partial charge in [-0.3, -0.25) is 9.69 Å². The summed E-state index contributed by atoms with van der Waals surface area (Å²) in [7, 11) is -3.32. The van der Waals surface area contributed by atoms with Crippen molar-refractivity contribution in [3.8, 4) is 0 Å². The van der Waals surface area contributed by atoms with Crippen LogP contribution in [-0.4, -0.2) is 46.9 Å². The maximum absolute atomic E-state index is 12.8. The Kier molecular flexibility index (Phi) is 6.32. The van der Waals surface area contributed by atoms with Crippen LogP contribution in [0, 0.1) is 0 Å². The minimum atomic E-state index is -3.32. The van der Waals surface area contributed by atoms with Gasteiger partial charge < -0.3 is 4.98 Å². The number of rotatable bonds is 5. The summed E-state index contributed by atoms with van der Waals surface area (Å²) in [6.45, 7) is 6.67. The number of benzene rings is 1. The van der Waals surface area contributed by atoms with E-state index in [1.54, 1.807) is 0 Å². The number of hydrogen-bond donors (Lipinski definition) is 1. The van der Waals surface area contributed by atoms with Gasteiger partial charge in [-0.2, -0.15) is 4.31 Å². The van der Waals surface area contributed by atoms with E-state index in [1.807, 2.05) is 0 Å². The highest BCUT2D eigenvalue weighted by Crippen LogP contribution is 2.31. The van der Waals surface area contributed by atoms with Crippen LogP contribution in [0.2, 0.25) is 0 Å². The molecule has 7 nitrogen and oxygen atoms in total. The summed E-state index contributed by atoms with van der Waals surface area (Å²) >= 11 is 0. The predicted octanol–water partition coefficient (Wildman–Crippen LogP) is 2.94. The third-order valence-electron chi connectivity index (χ3n) is 6.48. The average Bonchev–Trinajstić information content (AvgIpc) is 2.73. The van der Waals surface area contributed by atoms with E-state index in [9.17, 15) is 13.2 Å². The molecule has 0 spiro atoms. The molecule has 0 amide bonds. The molecule has 31 heavy (non-hydrogen) atoms. The SMILES string of the molecule is CC(C)c1ccc(CN2CCCC[C@@H]2c2nc3c(c(=O)[nH]2)CN(S(C)(=O)=O)CC3)cc1. The lowest BCUT2D eigenvalue weighted by molar-refractivity contribution is 0.133. The monoisotopic (exact) mass is 444 g/mol. The van der Waals surface area contributed by atoms with E-state index < -0.39 is 10.0 Å². The predicted molar refractivity (Wildman–Crippen MR) is 121 cm³/mol. The van der Waals surface area contributed by atoms with Crippen molar-refractivity contribution in [2.45, 2.75) is 64.6 Å². The number of aromatic amines is 1. The van der Waals surface area contributed by atoms with E-state index in [4.69, 9.17) is 4.98 Å². The molecule has 3 heterocycles. The normalized spacial score (nSPS) is 20.7. The molecular weight excluding hydrogens is 412 g/mol. The average molecular weight is 445 g/mol. The molecule has 1 N–H and O–H groups in total. The zero-order chi connectivity index (χ0) is 22.2. The van der Waals surface area contributed by atoms with Gasteiger partial charge in [0.25, 0.3) is 5.56 Å². The molecule has 1 fully saturated rings. The van der Waals surface area contributed by atoms with E-state index in [0.717, 1.165) is 43.9 Å². The van der Waals surface area contributed by atoms with Crippen LogP contribution in [0.5, 0.6) is 0 Å². The van der Waals surface area contributed by atoms with Crippen LogP contribution in [0.3, 0.4) is 0 Å². The third-order valence-corrected chi connectivity index (χ3v) is 7.73. The van der Waals surface area contributed by atoms with Crippen LogP contribution in [-0.2, 0) is 29.5 Å². The Morgan fingerprint density at radius 2 is 1.90 bits per heavy atom. The van der Waals surface area contributed by atoms with Crippen molar-refractivity contribution >= 4 is 10.0 Å². The lowest BCUT2D eigenvalue weighted by Gasteiger charge is -2.35. The van der Waals surface area contributed by atoms with Gasteiger partial charge in [0.2, 0.25) is 10.0 Å². The molecule has 2 aliphatic rings. The van der Waals surface area contributed by atoms with Gasteiger partial charge in [0.05, 0.1) is 23.6 Å². The molecular formula is C23H32N4O3S. The van der Waals surface area contributed by atoms with Crippen molar-refractivity contribution in [1.82, 2.24) is 19.2 Å². The molecule has 0 bridgehead atoms. The topological polar surface area (TPSA) is 86.4 Å². The summed E-state index contributed by atoms with van der Waals surface area (Å²) < 4.78 is 25.1. The van der Waals surface area contributed by atoms with Gasteiger partial charge in [-0.15, -0.1) is 0 Å². The summed E-state index contributed by atoms with van der Waals surface area (Å²) in [6.07, 6.45) is 4.86. The molecule has 2 aliphatic heterocycles. The van der Waals surface area contributed by atoms with Crippen LogP contribution in [0.25, 0.3) is 0 Å². The molecule has 1 saturated heterocycles. The van der Waals surface area contributed by atoms with Crippen molar-refractivity contribution in [1.29, 1.82) is 0 Å². The third kappa shape index (κ3) is 4.91. The highest BCUT2D eigenvalue weighted by Gasteiger charge is 2.30. The number of nitrogens with zero attached hydrogens (tertiary/aromatic N) is 3. The zero-order valence-corrected chi connectivity index (χ0v) is 19.4. The highest BCUT2D eigenvalue weighted by atomic mass is 32.2. The maximum atomic E-state index is 12.8. The molecule has 1 aromatic heterocycles. The summed E-state index contributed by atoms with van der Waals surface area (Å²) in [5, 5.41) is 0. The minimum Gasteiger partial charge on any atom is -0.309 e. The smallest absolute Gasteiger partial charge is 0.255 e. The van der Waals surface area contributed by atoms with E-state index in [-0.39, 0.29) is 18.1 Å². The van der Waals surface area contributed by atoms with Crippen molar-refractivity contribution < 1.29 is 8.42 Å². The van der Waals surface area contributed by atoms with Gasteiger partial charge in [-0.25, -0.2) is 13.4 Å². The fourth-order valence-corrected chi connectivity index (χ4v) is 5.38. The maximum Gasteiger partial charge on any atom is 0.255 e. The molecule has 0 aliphatic carbocycles. The van der Waals surface area contributed by atoms with E-state index in [1.165, 1.54) is 21.7 Å². The zero-order valence-electron chi connectivity index (χ0n) is 18.6. The Labute approximate surface area is 184 Å². The summed E-state index contributed by atoms with van der Waals surface area (Å²) in [5.74, 6) is 1.23. The molecule has 0 saturated carbocycles. The summed E-state index contributed by atoms with van der Waals surface area (Å²) in [5.41, 5.74) is 3.61. The molecule has 4 rings (SSSR count). The quantitative estimate of drug-likeness (QED) is 0.766. The van der Waals surface area contributed by atoms with Crippen molar-refractivity contribution in [3.63, 3.8) is 0 Å². The van der Waals surface area contributed by atoms with E-state index in [0.29, 0.717) is 24.4 Å². The van der Waals surface area contributed by atoms with Gasteiger partial charge in [-0.1, -0.05) is 44.5 Å². The van der Waals surface area contributed by atoms with Crippen LogP contribution in [0.15, 0.2) is 29.1 Å². The first-order valence-electron chi connectivity index (χ1n) is 11.1. The van der Waals surface area contributed by atoms with E-state index >= 15 is 0 Å². The number of H-pyrrole nitrogens is 1. The first-order valence-corrected chi connectivity index (χ1v) is 13.0. The Balaban J connectivity index is 1.57. The number of likely N-dealkylation sites (tertiary alicyclic amines) is 1. The Morgan fingerprint density at radius 1 is 1.16 bits per heavy atom. The van der Waals surface area contributed by atoms with Gasteiger partial charge >= 0.3 is 0 Å². The van der Waals surface area contributed by atoms with Gasteiger partial charge in [0, 0.05) is 26.1 Å². The van der Waals surface area contributed by atoms with Crippen LogP contribution in [0.4, 0.5) is 0 Å². The minimum absolute atomic E-state index is 0.0736. The lowest BCUT2D eigenvalue weighted by atomic mass is 9.98. The number of sulfonamides is 1. The number of piperidine rings is 1. The highest BCUT2D eigenvalue weighted by molar-refractivity contribution is 7.88. The van der Waals surface area contributed by atoms with Gasteiger partial charge in [-0.05, 0) is 36.4 Å². The Hall–Kier alpha value is -2.03. The second kappa shape index (κ2) is 8.84. The van der Waals surface area contributed by atoms with Crippen LogP contribution >= 0.6 is 0 Å². The lowest BCUT2D eigenvalue weighted by Crippen LogP contribution is -2.40. The van der Waals surface area contributed by atoms with Crippen molar-refractivity contribution in [3.05, 3.63) is 62.8 Å². The number of nitrogens with one attached hydrogen (secondary N) is 1. The summed E-state index contributed by atoms with van der Waals surface area (Å²) in [4.78, 5) is 23.0. The fourth-order valence-electron chi connectivity index (χ4n) is 4.59. The number of hydrogen-bond acceptors (Lipinski definition) is 5. The molecule has 168 valence electrons. The molecule has 8 heteroatoms. The number of aromatic nitrogens is 2. The second-order valence-electron chi connectivity index (χ2n) is 9.10. The molecule has 1 atom stereocenters. The largest absolute Gasteiger partial charge is 0.309 e. The second-order valence-corrected chi connectivity index (χ2v) is 11.1. The summed E-state index contributed by atoms with van der Waals surface area (Å²) in [6, 6.07) is 8.87. The Bertz CT molecular complexity index is 1090. The standard InChI is InChI=1S/C23H32N4O3S/c1-16(2)18-9-7-17(8-10-18)14-26-12-5-4-6-21(26)22-24-20-11-13-27(31(3,29)30)15-19(20)23(28)25-22/h7-10,16,21H,4-6,11-15H2,1-3H3,(H,24,25,28)/t21-/m1/s1. The van der Waals surface area contributed by atoms with E-state index in [2.05, 4.69) is 48.0 Å². The molecule has 2 aromatic rings. The molecule has 0 unspecified atom stereocenters. The molecule has 1 aromatic carbocycles. The fraction of sp³-hybridized carbons (Fsp3) is 0.565. The Morgan fingerprint density at radius 3 is 2.58 bits per heavy atom. The van der Waals surface area contributed by atoms with Gasteiger partial charge in [0.15, 0.2) is 0 Å². The van der Waals surface area contributed by atoms with Crippen LogP contribution < -0.4 is 5.56 Å². The first-order chi connectivity index (χ1) is 14.7. The van der Waals surface area contributed by atoms with Gasteiger partial charge in [0.1, 0.15) is 5.82 Å². The van der Waals surface area contributed by atoms with Crippen molar-refractivity contribution in [2.75, 3.05) is 19.3 Å². The first kappa shape index (κ1) is 22.2. The van der Waals surface area contributed by atoms with Crippen LogP contribution in [0.1, 0.15) is 73.3 Å². The molecule has 0 radical (unpaired) electrons. The van der Waals surface area contributed by atoms with Crippen molar-refractivity contribution in [2.24, 2.45) is 0 Å². The number of fused-ring (bicyclic) bond motifs is 1.